The third kappa shape index (κ3) is 4.42. The molecule has 5 rings (SSSR count). The predicted octanol–water partition coefficient (Wildman–Crippen LogP) is 3.39. The van der Waals surface area contributed by atoms with Gasteiger partial charge in [-0.05, 0) is 42.7 Å². The maximum absolute atomic E-state index is 13.2. The number of nitrogens with one attached hydrogen (secondary N) is 1. The van der Waals surface area contributed by atoms with Gasteiger partial charge in [0.25, 0.3) is 11.5 Å². The Bertz CT molecular complexity index is 1290. The van der Waals surface area contributed by atoms with Gasteiger partial charge in [0.05, 0.1) is 22.9 Å². The second kappa shape index (κ2) is 8.99. The van der Waals surface area contributed by atoms with Crippen LogP contribution in [-0.2, 0) is 17.8 Å². The Morgan fingerprint density at radius 2 is 1.91 bits per heavy atom. The van der Waals surface area contributed by atoms with Crippen molar-refractivity contribution in [3.8, 4) is 16.9 Å². The van der Waals surface area contributed by atoms with E-state index in [4.69, 9.17) is 4.74 Å². The molecule has 0 aliphatic carbocycles. The van der Waals surface area contributed by atoms with Crippen LogP contribution in [0.15, 0.2) is 71.8 Å². The topological polar surface area (TPSA) is 78.2 Å². The van der Waals surface area contributed by atoms with Gasteiger partial charge in [0, 0.05) is 32.1 Å². The second-order valence-electron chi connectivity index (χ2n) is 8.13. The Hall–Kier alpha value is -3.78. The Balaban J connectivity index is 1.52. The summed E-state index contributed by atoms with van der Waals surface area (Å²) in [5, 5.41) is 7.35. The minimum absolute atomic E-state index is 0.0434. The first-order valence-corrected chi connectivity index (χ1v) is 10.9. The zero-order chi connectivity index (χ0) is 22.8. The SMILES string of the molecule is O=C(NCc1ccc(F)cc1)c1cn(C[C@H]2CCCO2)cc2c(=O)n(-c3ccccc3)nc1-2. The zero-order valence-corrected chi connectivity index (χ0v) is 17.9. The molecule has 2 aromatic rings. The van der Waals surface area contributed by atoms with Crippen molar-refractivity contribution in [1.82, 2.24) is 19.7 Å². The van der Waals surface area contributed by atoms with E-state index in [9.17, 15) is 14.0 Å². The molecule has 1 amide bonds. The molecule has 3 aliphatic rings. The number of fused-ring (bicyclic) bond motifs is 1. The Morgan fingerprint density at radius 3 is 2.64 bits per heavy atom. The summed E-state index contributed by atoms with van der Waals surface area (Å²) in [7, 11) is 0. The lowest BCUT2D eigenvalue weighted by Crippen LogP contribution is -2.25. The van der Waals surface area contributed by atoms with Gasteiger partial charge >= 0.3 is 0 Å². The van der Waals surface area contributed by atoms with Gasteiger partial charge in [0.15, 0.2) is 0 Å². The highest BCUT2D eigenvalue weighted by molar-refractivity contribution is 5.99. The molecule has 3 heterocycles. The minimum Gasteiger partial charge on any atom is -0.376 e. The van der Waals surface area contributed by atoms with Crippen LogP contribution < -0.4 is 10.9 Å². The van der Waals surface area contributed by atoms with Gasteiger partial charge in [0.1, 0.15) is 11.5 Å². The Kier molecular flexibility index (Phi) is 5.75. The molecule has 0 bridgehead atoms. The number of rotatable bonds is 6. The standard InChI is InChI=1S/C25H23FN4O3/c26-18-10-8-17(9-11-18)13-27-24(31)21-15-29(14-20-7-4-12-33-20)16-22-23(21)28-30(25(22)32)19-5-2-1-3-6-19/h1-3,5-6,8-11,15-16,20H,4,7,12-14H2,(H,27,31)/t20-/m1/s1. The van der Waals surface area contributed by atoms with Crippen molar-refractivity contribution in [3.63, 3.8) is 0 Å². The minimum atomic E-state index is -0.358. The van der Waals surface area contributed by atoms with Crippen molar-refractivity contribution in [2.45, 2.75) is 32.0 Å². The molecule has 0 radical (unpaired) electrons. The first-order valence-electron chi connectivity index (χ1n) is 10.9. The largest absolute Gasteiger partial charge is 0.376 e. The first kappa shape index (κ1) is 21.1. The van der Waals surface area contributed by atoms with Gasteiger partial charge in [-0.15, -0.1) is 0 Å². The highest BCUT2D eigenvalue weighted by Crippen LogP contribution is 2.24. The molecule has 8 heteroatoms. The lowest BCUT2D eigenvalue weighted by molar-refractivity contribution is 0.0935. The van der Waals surface area contributed by atoms with E-state index < -0.39 is 0 Å². The maximum atomic E-state index is 13.2. The summed E-state index contributed by atoms with van der Waals surface area (Å²) in [4.78, 5) is 26.4. The molecule has 1 N–H and O–H groups in total. The van der Waals surface area contributed by atoms with Crippen LogP contribution in [0.2, 0.25) is 0 Å². The van der Waals surface area contributed by atoms with Crippen molar-refractivity contribution < 1.29 is 13.9 Å². The van der Waals surface area contributed by atoms with E-state index in [1.54, 1.807) is 36.7 Å². The summed E-state index contributed by atoms with van der Waals surface area (Å²) >= 11 is 0. The smallest absolute Gasteiger partial charge is 0.282 e. The van der Waals surface area contributed by atoms with Crippen molar-refractivity contribution in [3.05, 3.63) is 94.3 Å². The van der Waals surface area contributed by atoms with Crippen molar-refractivity contribution in [2.75, 3.05) is 6.61 Å². The predicted molar refractivity (Wildman–Crippen MR) is 121 cm³/mol. The number of pyridine rings is 1. The van der Waals surface area contributed by atoms with E-state index in [0.29, 0.717) is 29.1 Å². The number of carbonyl (C=O) groups excluding carboxylic acids is 1. The third-order valence-electron chi connectivity index (χ3n) is 5.77. The van der Waals surface area contributed by atoms with Gasteiger partial charge in [-0.25, -0.2) is 4.39 Å². The summed E-state index contributed by atoms with van der Waals surface area (Å²) in [6.45, 7) is 1.49. The molecule has 1 saturated heterocycles. The van der Waals surface area contributed by atoms with Crippen LogP contribution >= 0.6 is 0 Å². The Morgan fingerprint density at radius 1 is 1.12 bits per heavy atom. The van der Waals surface area contributed by atoms with Gasteiger partial charge in [-0.1, -0.05) is 30.3 Å². The fourth-order valence-corrected chi connectivity index (χ4v) is 4.08. The number of para-hydroxylation sites is 1. The summed E-state index contributed by atoms with van der Waals surface area (Å²) in [5.41, 5.74) is 2.12. The summed E-state index contributed by atoms with van der Waals surface area (Å²) in [5.74, 6) is -0.692. The molecule has 33 heavy (non-hydrogen) atoms. The van der Waals surface area contributed by atoms with Gasteiger partial charge in [-0.3, -0.25) is 9.59 Å². The van der Waals surface area contributed by atoms with Gasteiger partial charge in [0.2, 0.25) is 0 Å². The van der Waals surface area contributed by atoms with Crippen LogP contribution in [-0.4, -0.2) is 33.0 Å². The van der Waals surface area contributed by atoms with E-state index in [0.717, 1.165) is 25.0 Å². The van der Waals surface area contributed by atoms with Crippen LogP contribution in [0.25, 0.3) is 16.9 Å². The Labute approximate surface area is 189 Å². The fourth-order valence-electron chi connectivity index (χ4n) is 4.08. The number of benzene rings is 2. The molecule has 1 fully saturated rings. The second-order valence-corrected chi connectivity index (χ2v) is 8.13. The summed E-state index contributed by atoms with van der Waals surface area (Å²) in [6, 6.07) is 15.0. The molecule has 0 unspecified atom stereocenters. The number of halogens is 1. The summed E-state index contributed by atoms with van der Waals surface area (Å²) < 4.78 is 22.1. The molecule has 7 nitrogen and oxygen atoms in total. The van der Waals surface area contributed by atoms with Crippen LogP contribution in [0.5, 0.6) is 0 Å². The van der Waals surface area contributed by atoms with Crippen LogP contribution in [0.4, 0.5) is 4.39 Å². The molecule has 3 aliphatic heterocycles. The number of nitrogens with zero attached hydrogens (tertiary/aromatic N) is 3. The van der Waals surface area contributed by atoms with E-state index in [2.05, 4.69) is 10.4 Å². The third-order valence-corrected chi connectivity index (χ3v) is 5.77. The zero-order valence-electron chi connectivity index (χ0n) is 17.9. The average Bonchev–Trinajstić information content (AvgIpc) is 3.47. The number of aromatic nitrogens is 3. The molecule has 0 saturated carbocycles. The molecule has 168 valence electrons. The number of hydrogen-bond donors (Lipinski definition) is 1. The normalized spacial score (nSPS) is 15.7. The van der Waals surface area contributed by atoms with Gasteiger partial charge in [-0.2, -0.15) is 9.78 Å². The van der Waals surface area contributed by atoms with Crippen LogP contribution in [0.3, 0.4) is 0 Å². The number of ether oxygens (including phenoxy) is 1. The maximum Gasteiger partial charge on any atom is 0.282 e. The van der Waals surface area contributed by atoms with E-state index >= 15 is 0 Å². The highest BCUT2D eigenvalue weighted by Gasteiger charge is 2.25. The monoisotopic (exact) mass is 446 g/mol. The molecule has 0 aromatic heterocycles. The average molecular weight is 446 g/mol. The van der Waals surface area contributed by atoms with E-state index in [1.165, 1.54) is 16.8 Å². The van der Waals surface area contributed by atoms with Gasteiger partial charge < -0.3 is 14.6 Å². The number of carbonyl (C=O) groups is 1. The molecular weight excluding hydrogens is 423 g/mol. The molecular formula is C25H23FN4O3. The lowest BCUT2D eigenvalue weighted by Gasteiger charge is -2.16. The van der Waals surface area contributed by atoms with Crippen molar-refractivity contribution in [2.24, 2.45) is 0 Å². The lowest BCUT2D eigenvalue weighted by atomic mass is 10.1. The van der Waals surface area contributed by atoms with Crippen molar-refractivity contribution in [1.29, 1.82) is 0 Å². The first-order chi connectivity index (χ1) is 16.1. The van der Waals surface area contributed by atoms with E-state index in [1.807, 2.05) is 22.8 Å². The van der Waals surface area contributed by atoms with E-state index in [-0.39, 0.29) is 29.9 Å². The molecule has 2 aromatic carbocycles. The fraction of sp³-hybridized carbons (Fsp3) is 0.240. The highest BCUT2D eigenvalue weighted by atomic mass is 19.1. The molecule has 0 spiro atoms. The van der Waals surface area contributed by atoms with Crippen LogP contribution in [0, 0.1) is 5.82 Å². The quantitative estimate of drug-likeness (QED) is 0.493. The number of amides is 1. The summed E-state index contributed by atoms with van der Waals surface area (Å²) in [6.07, 6.45) is 5.43. The molecule has 1 atom stereocenters. The number of hydrogen-bond acceptors (Lipinski definition) is 4. The van der Waals surface area contributed by atoms with Crippen molar-refractivity contribution >= 4 is 5.91 Å². The van der Waals surface area contributed by atoms with Crippen LogP contribution in [0.1, 0.15) is 28.8 Å².